The number of thiophene rings is 1. The van der Waals surface area contributed by atoms with E-state index < -0.39 is 0 Å². The van der Waals surface area contributed by atoms with E-state index in [1.165, 1.54) is 11.3 Å². The molecule has 0 spiro atoms. The number of nitrogens with zero attached hydrogens (tertiary/aromatic N) is 1. The predicted molar refractivity (Wildman–Crippen MR) is 88.7 cm³/mol. The van der Waals surface area contributed by atoms with Gasteiger partial charge in [-0.1, -0.05) is 16.8 Å². The van der Waals surface area contributed by atoms with Crippen molar-refractivity contribution in [1.82, 2.24) is 10.1 Å². The molecular weight excluding hydrogens is 322 g/mol. The van der Waals surface area contributed by atoms with Crippen LogP contribution in [0.4, 0.5) is 5.69 Å². The fraction of sp³-hybridized carbons (Fsp3) is 0.200. The average Bonchev–Trinajstić information content (AvgIpc) is 3.05. The van der Waals surface area contributed by atoms with Gasteiger partial charge < -0.3 is 14.8 Å². The Morgan fingerprint density at radius 2 is 2.23 bits per heavy atom. The fourth-order valence-corrected chi connectivity index (χ4v) is 3.31. The van der Waals surface area contributed by atoms with Gasteiger partial charge in [0.05, 0.1) is 10.0 Å². The number of hydrogen-bond donors (Lipinski definition) is 2. The maximum absolute atomic E-state index is 12.0. The third-order valence-corrected chi connectivity index (χ3v) is 4.54. The van der Waals surface area contributed by atoms with Crippen LogP contribution in [0.2, 0.25) is 4.34 Å². The van der Waals surface area contributed by atoms with Crippen LogP contribution in [0.15, 0.2) is 33.7 Å². The summed E-state index contributed by atoms with van der Waals surface area (Å²) in [6, 6.07) is 5.58. The molecule has 5 nitrogen and oxygen atoms in total. The van der Waals surface area contributed by atoms with Crippen LogP contribution < -0.4 is 10.9 Å². The summed E-state index contributed by atoms with van der Waals surface area (Å²) < 4.78 is 5.91. The number of halogens is 1. The summed E-state index contributed by atoms with van der Waals surface area (Å²) in [5, 5.41) is 7.08. The molecule has 3 aromatic rings. The fourth-order valence-electron chi connectivity index (χ4n) is 2.28. The smallest absolute Gasteiger partial charge is 0.271 e. The van der Waals surface area contributed by atoms with Crippen LogP contribution in [0.1, 0.15) is 16.3 Å². The summed E-state index contributed by atoms with van der Waals surface area (Å²) in [6.07, 6.45) is 1.67. The molecular formula is C15H14ClN3O2S. The minimum Gasteiger partial charge on any atom is -0.376 e. The Morgan fingerprint density at radius 3 is 2.86 bits per heavy atom. The van der Waals surface area contributed by atoms with Gasteiger partial charge in [0.1, 0.15) is 11.4 Å². The van der Waals surface area contributed by atoms with Crippen LogP contribution in [0.3, 0.4) is 0 Å². The molecule has 22 heavy (non-hydrogen) atoms. The van der Waals surface area contributed by atoms with Gasteiger partial charge in [-0.2, -0.15) is 0 Å². The normalized spacial score (nSPS) is 10.9. The monoisotopic (exact) mass is 335 g/mol. The highest BCUT2D eigenvalue weighted by Crippen LogP contribution is 2.27. The van der Waals surface area contributed by atoms with Gasteiger partial charge in [-0.15, -0.1) is 11.3 Å². The maximum Gasteiger partial charge on any atom is 0.271 e. The molecule has 114 valence electrons. The molecule has 3 rings (SSSR count). The molecule has 0 atom stereocenters. The molecule has 0 aromatic carbocycles. The highest BCUT2D eigenvalue weighted by atomic mass is 35.5. The van der Waals surface area contributed by atoms with Crippen molar-refractivity contribution < 1.29 is 4.52 Å². The zero-order chi connectivity index (χ0) is 15.7. The van der Waals surface area contributed by atoms with Crippen molar-refractivity contribution in [2.24, 2.45) is 0 Å². The Labute approximate surface area is 135 Å². The standard InChI is InChI=1S/C15H14ClN3O2S/c1-8-14(9(2)21-19-8)10-5-12(15(20)18-6-10)17-7-11-3-4-13(16)22-11/h3-6,17H,7H2,1-2H3,(H,18,20). The van der Waals surface area contributed by atoms with Crippen molar-refractivity contribution in [3.63, 3.8) is 0 Å². The third kappa shape index (κ3) is 2.93. The first-order valence-corrected chi connectivity index (χ1v) is 7.88. The molecule has 2 N–H and O–H groups in total. The van der Waals surface area contributed by atoms with Crippen LogP contribution in [-0.4, -0.2) is 10.1 Å². The summed E-state index contributed by atoms with van der Waals surface area (Å²) in [5.74, 6) is 0.723. The van der Waals surface area contributed by atoms with E-state index in [1.807, 2.05) is 26.0 Å². The number of aromatic amines is 1. The van der Waals surface area contributed by atoms with Crippen molar-refractivity contribution in [3.8, 4) is 11.1 Å². The Kier molecular flexibility index (Phi) is 4.04. The number of rotatable bonds is 4. The van der Waals surface area contributed by atoms with Crippen molar-refractivity contribution in [2.75, 3.05) is 5.32 Å². The zero-order valence-corrected chi connectivity index (χ0v) is 13.6. The first-order valence-electron chi connectivity index (χ1n) is 6.68. The van der Waals surface area contributed by atoms with Crippen molar-refractivity contribution in [3.05, 3.63) is 55.4 Å². The summed E-state index contributed by atoms with van der Waals surface area (Å²) in [4.78, 5) is 15.8. The average molecular weight is 336 g/mol. The van der Waals surface area contributed by atoms with Gasteiger partial charge in [-0.25, -0.2) is 0 Å². The topological polar surface area (TPSA) is 70.9 Å². The Balaban J connectivity index is 1.89. The van der Waals surface area contributed by atoms with E-state index in [-0.39, 0.29) is 5.56 Å². The molecule has 0 fully saturated rings. The van der Waals surface area contributed by atoms with Gasteiger partial charge in [0.2, 0.25) is 0 Å². The largest absolute Gasteiger partial charge is 0.376 e. The number of H-pyrrole nitrogens is 1. The number of pyridine rings is 1. The molecule has 0 aliphatic heterocycles. The molecule has 0 saturated heterocycles. The van der Waals surface area contributed by atoms with E-state index in [0.717, 1.165) is 31.8 Å². The van der Waals surface area contributed by atoms with E-state index in [0.29, 0.717) is 12.2 Å². The SMILES string of the molecule is Cc1noc(C)c1-c1c[nH]c(=O)c(NCc2ccc(Cl)s2)c1. The van der Waals surface area contributed by atoms with E-state index in [2.05, 4.69) is 15.5 Å². The van der Waals surface area contributed by atoms with Gasteiger partial charge in [0.15, 0.2) is 0 Å². The minimum absolute atomic E-state index is 0.168. The summed E-state index contributed by atoms with van der Waals surface area (Å²) in [5.41, 5.74) is 2.89. The summed E-state index contributed by atoms with van der Waals surface area (Å²) >= 11 is 7.39. The van der Waals surface area contributed by atoms with Crippen molar-refractivity contribution >= 4 is 28.6 Å². The number of aromatic nitrogens is 2. The molecule has 7 heteroatoms. The summed E-state index contributed by atoms with van der Waals surface area (Å²) in [6.45, 7) is 4.27. The highest BCUT2D eigenvalue weighted by molar-refractivity contribution is 7.16. The van der Waals surface area contributed by atoms with E-state index in [9.17, 15) is 4.79 Å². The quantitative estimate of drug-likeness (QED) is 0.756. The summed E-state index contributed by atoms with van der Waals surface area (Å²) in [7, 11) is 0. The first kappa shape index (κ1) is 14.9. The molecule has 0 radical (unpaired) electrons. The lowest BCUT2D eigenvalue weighted by molar-refractivity contribution is 0.393. The second-order valence-corrected chi connectivity index (χ2v) is 6.69. The van der Waals surface area contributed by atoms with Crippen LogP contribution >= 0.6 is 22.9 Å². The molecule has 3 heterocycles. The Bertz CT molecular complexity index is 846. The lowest BCUT2D eigenvalue weighted by Crippen LogP contribution is -2.13. The lowest BCUT2D eigenvalue weighted by atomic mass is 10.1. The van der Waals surface area contributed by atoms with Gasteiger partial charge >= 0.3 is 0 Å². The van der Waals surface area contributed by atoms with Crippen molar-refractivity contribution in [2.45, 2.75) is 20.4 Å². The maximum atomic E-state index is 12.0. The number of aryl methyl sites for hydroxylation is 2. The highest BCUT2D eigenvalue weighted by Gasteiger charge is 2.13. The van der Waals surface area contributed by atoms with Gasteiger partial charge in [0.25, 0.3) is 5.56 Å². The number of anilines is 1. The third-order valence-electron chi connectivity index (χ3n) is 3.31. The van der Waals surface area contributed by atoms with Crippen molar-refractivity contribution in [1.29, 1.82) is 0 Å². The van der Waals surface area contributed by atoms with E-state index in [4.69, 9.17) is 16.1 Å². The molecule has 0 aliphatic rings. The second-order valence-electron chi connectivity index (χ2n) is 4.89. The van der Waals surface area contributed by atoms with Gasteiger partial charge in [-0.05, 0) is 32.0 Å². The van der Waals surface area contributed by atoms with Crippen LogP contribution in [0.25, 0.3) is 11.1 Å². The van der Waals surface area contributed by atoms with Crippen LogP contribution in [0, 0.1) is 13.8 Å². The molecule has 0 saturated carbocycles. The number of hydrogen-bond acceptors (Lipinski definition) is 5. The first-order chi connectivity index (χ1) is 10.5. The number of nitrogens with one attached hydrogen (secondary N) is 2. The lowest BCUT2D eigenvalue weighted by Gasteiger charge is -2.06. The molecule has 0 amide bonds. The van der Waals surface area contributed by atoms with Crippen LogP contribution in [-0.2, 0) is 6.54 Å². The zero-order valence-electron chi connectivity index (χ0n) is 12.1. The molecule has 0 bridgehead atoms. The van der Waals surface area contributed by atoms with Crippen LogP contribution in [0.5, 0.6) is 0 Å². The Hall–Kier alpha value is -2.05. The molecule has 3 aromatic heterocycles. The predicted octanol–water partition coefficient (Wildman–Crippen LogP) is 3.97. The van der Waals surface area contributed by atoms with E-state index in [1.54, 1.807) is 12.3 Å². The molecule has 0 aliphatic carbocycles. The second kappa shape index (κ2) is 5.98. The Morgan fingerprint density at radius 1 is 1.41 bits per heavy atom. The minimum atomic E-state index is -0.168. The van der Waals surface area contributed by atoms with Gasteiger partial charge in [-0.3, -0.25) is 4.79 Å². The van der Waals surface area contributed by atoms with Gasteiger partial charge in [0, 0.05) is 28.7 Å². The van der Waals surface area contributed by atoms with E-state index >= 15 is 0 Å². The molecule has 0 unspecified atom stereocenters.